The predicted octanol–water partition coefficient (Wildman–Crippen LogP) is 4.47. The van der Waals surface area contributed by atoms with Crippen molar-refractivity contribution in [2.45, 2.75) is 6.92 Å². The maximum absolute atomic E-state index is 12.5. The summed E-state index contributed by atoms with van der Waals surface area (Å²) < 4.78 is 10.7. The quantitative estimate of drug-likeness (QED) is 0.709. The smallest absolute Gasteiger partial charge is 0.261 e. The van der Waals surface area contributed by atoms with Crippen LogP contribution in [-0.4, -0.2) is 24.6 Å². The summed E-state index contributed by atoms with van der Waals surface area (Å²) in [7, 11) is 1.63. The fourth-order valence-electron chi connectivity index (χ4n) is 2.33. The fraction of sp³-hybridized carbons (Fsp3) is 0.158. The highest BCUT2D eigenvalue weighted by Crippen LogP contribution is 2.27. The minimum absolute atomic E-state index is 0.236. The molecule has 2 aromatic carbocycles. The van der Waals surface area contributed by atoms with Gasteiger partial charge in [0.2, 0.25) is 0 Å². The van der Waals surface area contributed by atoms with E-state index in [2.05, 4.69) is 10.3 Å². The zero-order valence-electron chi connectivity index (χ0n) is 14.0. The second-order valence-corrected chi connectivity index (χ2v) is 6.01. The van der Waals surface area contributed by atoms with Crippen LogP contribution in [0.1, 0.15) is 17.3 Å². The number of nitrogens with one attached hydrogen (secondary N) is 1. The third-order valence-electron chi connectivity index (χ3n) is 3.54. The molecule has 6 heteroatoms. The van der Waals surface area contributed by atoms with Crippen molar-refractivity contribution in [3.05, 3.63) is 59.5 Å². The summed E-state index contributed by atoms with van der Waals surface area (Å²) in [5, 5.41) is 5.29. The Balaban J connectivity index is 1.76. The average molecular weight is 354 g/mol. The molecule has 0 aliphatic carbocycles. The Kier molecular flexibility index (Phi) is 5.30. The maximum atomic E-state index is 12.5. The summed E-state index contributed by atoms with van der Waals surface area (Å²) in [6.45, 7) is 2.39. The number of hydrogen-bond acceptors (Lipinski definition) is 5. The van der Waals surface area contributed by atoms with E-state index in [9.17, 15) is 4.79 Å². The Bertz CT molecular complexity index is 859. The molecular weight excluding hydrogens is 336 g/mol. The first-order chi connectivity index (χ1) is 12.2. The zero-order valence-corrected chi connectivity index (χ0v) is 14.8. The standard InChI is InChI=1S/C19H18N2O3S/c1-3-24-17-7-5-4-6-15(17)18(22)21-19-20-16(12-25-19)13-8-10-14(23-2)11-9-13/h4-12H,3H2,1-2H3,(H,20,21,22). The van der Waals surface area contributed by atoms with Gasteiger partial charge < -0.3 is 9.47 Å². The van der Waals surface area contributed by atoms with E-state index in [1.807, 2.05) is 48.7 Å². The summed E-state index contributed by atoms with van der Waals surface area (Å²) in [5.74, 6) is 1.12. The molecule has 0 unspecified atom stereocenters. The highest BCUT2D eigenvalue weighted by atomic mass is 32.1. The number of ether oxygens (including phenoxy) is 2. The van der Waals surface area contributed by atoms with Gasteiger partial charge in [0.15, 0.2) is 5.13 Å². The van der Waals surface area contributed by atoms with Crippen LogP contribution in [0.2, 0.25) is 0 Å². The molecule has 0 bridgehead atoms. The van der Waals surface area contributed by atoms with Crippen molar-refractivity contribution < 1.29 is 14.3 Å². The van der Waals surface area contributed by atoms with E-state index in [0.717, 1.165) is 17.0 Å². The fourth-order valence-corrected chi connectivity index (χ4v) is 3.04. The number of anilines is 1. The summed E-state index contributed by atoms with van der Waals surface area (Å²) in [6.07, 6.45) is 0. The van der Waals surface area contributed by atoms with E-state index < -0.39 is 0 Å². The molecule has 5 nitrogen and oxygen atoms in total. The molecule has 0 aliphatic rings. The SMILES string of the molecule is CCOc1ccccc1C(=O)Nc1nc(-c2ccc(OC)cc2)cs1. The molecule has 0 radical (unpaired) electrons. The topological polar surface area (TPSA) is 60.5 Å². The molecule has 1 heterocycles. The number of methoxy groups -OCH3 is 1. The van der Waals surface area contributed by atoms with Crippen molar-refractivity contribution in [3.8, 4) is 22.8 Å². The lowest BCUT2D eigenvalue weighted by Gasteiger charge is -2.08. The van der Waals surface area contributed by atoms with Crippen molar-refractivity contribution in [2.24, 2.45) is 0 Å². The Morgan fingerprint density at radius 2 is 1.92 bits per heavy atom. The van der Waals surface area contributed by atoms with Gasteiger partial charge in [-0.1, -0.05) is 12.1 Å². The van der Waals surface area contributed by atoms with Crippen LogP contribution in [0.15, 0.2) is 53.9 Å². The predicted molar refractivity (Wildman–Crippen MR) is 99.7 cm³/mol. The molecule has 0 fully saturated rings. The molecule has 1 aromatic heterocycles. The molecule has 1 amide bonds. The monoisotopic (exact) mass is 354 g/mol. The van der Waals surface area contributed by atoms with E-state index in [1.165, 1.54) is 11.3 Å². The van der Waals surface area contributed by atoms with Gasteiger partial charge in [0.25, 0.3) is 5.91 Å². The minimum Gasteiger partial charge on any atom is -0.497 e. The van der Waals surface area contributed by atoms with Crippen LogP contribution in [0.3, 0.4) is 0 Å². The number of amides is 1. The summed E-state index contributed by atoms with van der Waals surface area (Å²) in [6, 6.07) is 14.8. The van der Waals surface area contributed by atoms with Crippen molar-refractivity contribution in [1.29, 1.82) is 0 Å². The third-order valence-corrected chi connectivity index (χ3v) is 4.30. The minimum atomic E-state index is -0.236. The molecule has 0 saturated carbocycles. The van der Waals surface area contributed by atoms with Crippen LogP contribution in [0.5, 0.6) is 11.5 Å². The number of para-hydroxylation sites is 1. The van der Waals surface area contributed by atoms with E-state index in [4.69, 9.17) is 9.47 Å². The molecule has 0 aliphatic heterocycles. The molecule has 1 N–H and O–H groups in total. The molecule has 0 spiro atoms. The van der Waals surface area contributed by atoms with Gasteiger partial charge in [-0.05, 0) is 43.3 Å². The van der Waals surface area contributed by atoms with Crippen molar-refractivity contribution in [1.82, 2.24) is 4.98 Å². The van der Waals surface area contributed by atoms with E-state index >= 15 is 0 Å². The third kappa shape index (κ3) is 3.97. The highest BCUT2D eigenvalue weighted by molar-refractivity contribution is 7.14. The van der Waals surface area contributed by atoms with E-state index in [1.54, 1.807) is 19.2 Å². The van der Waals surface area contributed by atoms with Gasteiger partial charge in [-0.25, -0.2) is 4.98 Å². The van der Waals surface area contributed by atoms with Crippen LogP contribution in [-0.2, 0) is 0 Å². The largest absolute Gasteiger partial charge is 0.497 e. The Morgan fingerprint density at radius 1 is 1.16 bits per heavy atom. The molecular formula is C19H18N2O3S. The van der Waals surface area contributed by atoms with Gasteiger partial charge in [-0.15, -0.1) is 11.3 Å². The zero-order chi connectivity index (χ0) is 17.6. The molecule has 0 saturated heterocycles. The number of hydrogen-bond donors (Lipinski definition) is 1. The molecule has 128 valence electrons. The Labute approximate surface area is 150 Å². The van der Waals surface area contributed by atoms with Gasteiger partial charge in [-0.2, -0.15) is 0 Å². The Hall–Kier alpha value is -2.86. The normalized spacial score (nSPS) is 10.3. The Morgan fingerprint density at radius 3 is 2.64 bits per heavy atom. The first-order valence-corrected chi connectivity index (χ1v) is 8.72. The molecule has 3 aromatic rings. The number of thiazole rings is 1. The molecule has 0 atom stereocenters. The van der Waals surface area contributed by atoms with Crippen molar-refractivity contribution in [3.63, 3.8) is 0 Å². The van der Waals surface area contributed by atoms with Gasteiger partial charge >= 0.3 is 0 Å². The van der Waals surface area contributed by atoms with Crippen LogP contribution >= 0.6 is 11.3 Å². The number of carbonyl (C=O) groups excluding carboxylic acids is 1. The molecule has 25 heavy (non-hydrogen) atoms. The van der Waals surface area contributed by atoms with E-state index in [-0.39, 0.29) is 5.91 Å². The number of rotatable bonds is 6. The lowest BCUT2D eigenvalue weighted by molar-refractivity contribution is 0.102. The van der Waals surface area contributed by atoms with E-state index in [0.29, 0.717) is 23.1 Å². The lowest BCUT2D eigenvalue weighted by Crippen LogP contribution is -2.13. The number of aromatic nitrogens is 1. The van der Waals surface area contributed by atoms with Crippen molar-refractivity contribution in [2.75, 3.05) is 19.0 Å². The first kappa shape index (κ1) is 17.0. The van der Waals surface area contributed by atoms with Crippen LogP contribution in [0.4, 0.5) is 5.13 Å². The number of nitrogens with zero attached hydrogens (tertiary/aromatic N) is 1. The highest BCUT2D eigenvalue weighted by Gasteiger charge is 2.14. The summed E-state index contributed by atoms with van der Waals surface area (Å²) in [5.41, 5.74) is 2.26. The maximum Gasteiger partial charge on any atom is 0.261 e. The van der Waals surface area contributed by atoms with Crippen LogP contribution < -0.4 is 14.8 Å². The molecule has 3 rings (SSSR count). The lowest BCUT2D eigenvalue weighted by atomic mass is 10.2. The first-order valence-electron chi connectivity index (χ1n) is 7.84. The van der Waals surface area contributed by atoms with Crippen LogP contribution in [0.25, 0.3) is 11.3 Å². The van der Waals surface area contributed by atoms with Crippen molar-refractivity contribution >= 4 is 22.4 Å². The number of benzene rings is 2. The van der Waals surface area contributed by atoms with Gasteiger partial charge in [0, 0.05) is 10.9 Å². The number of carbonyl (C=O) groups is 1. The second-order valence-electron chi connectivity index (χ2n) is 5.15. The van der Waals surface area contributed by atoms with Crippen LogP contribution in [0, 0.1) is 0 Å². The summed E-state index contributed by atoms with van der Waals surface area (Å²) >= 11 is 1.38. The second kappa shape index (κ2) is 7.81. The summed E-state index contributed by atoms with van der Waals surface area (Å²) in [4.78, 5) is 17.0. The van der Waals surface area contributed by atoms with Gasteiger partial charge in [-0.3, -0.25) is 10.1 Å². The average Bonchev–Trinajstić information content (AvgIpc) is 3.11. The van der Waals surface area contributed by atoms with Gasteiger partial charge in [0.1, 0.15) is 11.5 Å². The van der Waals surface area contributed by atoms with Gasteiger partial charge in [0.05, 0.1) is 25.0 Å².